The van der Waals surface area contributed by atoms with Gasteiger partial charge in [0.15, 0.2) is 0 Å². The molecule has 0 spiro atoms. The van der Waals surface area contributed by atoms with E-state index in [1.165, 1.54) is 0 Å². The smallest absolute Gasteiger partial charge is 0.324 e. The van der Waals surface area contributed by atoms with Gasteiger partial charge in [0.25, 0.3) is 0 Å². The molecule has 0 aromatic rings. The van der Waals surface area contributed by atoms with Crippen LogP contribution in [-0.2, 0) is 9.53 Å². The van der Waals surface area contributed by atoms with E-state index in [2.05, 4.69) is 5.32 Å². The summed E-state index contributed by atoms with van der Waals surface area (Å²) in [7, 11) is 5.18. The number of carboxylic acid groups (broad SMARTS) is 1. The minimum absolute atomic E-state index is 0.196. The van der Waals surface area contributed by atoms with Gasteiger partial charge in [0.05, 0.1) is 6.61 Å². The van der Waals surface area contributed by atoms with Crippen LogP contribution < -0.4 is 5.32 Å². The predicted molar refractivity (Wildman–Crippen MR) is 59.1 cm³/mol. The zero-order chi connectivity index (χ0) is 12.1. The first-order chi connectivity index (χ1) is 6.87. The third kappa shape index (κ3) is 4.15. The van der Waals surface area contributed by atoms with Gasteiger partial charge >= 0.3 is 5.97 Å². The molecular weight excluding hydrogens is 196 g/mol. The third-order valence-electron chi connectivity index (χ3n) is 2.75. The number of nitrogens with zero attached hydrogens (tertiary/aromatic N) is 1. The third-order valence-corrected chi connectivity index (χ3v) is 2.75. The van der Waals surface area contributed by atoms with Crippen LogP contribution in [0.1, 0.15) is 13.8 Å². The number of hydrogen-bond acceptors (Lipinski definition) is 4. The van der Waals surface area contributed by atoms with Gasteiger partial charge in [-0.2, -0.15) is 0 Å². The molecule has 0 heterocycles. The van der Waals surface area contributed by atoms with E-state index in [0.29, 0.717) is 13.2 Å². The molecule has 0 aliphatic heterocycles. The highest BCUT2D eigenvalue weighted by molar-refractivity contribution is 5.78. The Kier molecular flexibility index (Phi) is 5.79. The maximum absolute atomic E-state index is 11.0. The average molecular weight is 218 g/mol. The van der Waals surface area contributed by atoms with Crippen molar-refractivity contribution in [2.45, 2.75) is 25.4 Å². The van der Waals surface area contributed by atoms with Crippen molar-refractivity contribution >= 4 is 5.97 Å². The highest BCUT2D eigenvalue weighted by Crippen LogP contribution is 2.08. The first-order valence-electron chi connectivity index (χ1n) is 4.99. The minimum Gasteiger partial charge on any atom is -0.480 e. The molecule has 0 radical (unpaired) electrons. The molecule has 2 unspecified atom stereocenters. The van der Waals surface area contributed by atoms with E-state index in [1.54, 1.807) is 21.1 Å². The van der Waals surface area contributed by atoms with Crippen molar-refractivity contribution in [3.63, 3.8) is 0 Å². The lowest BCUT2D eigenvalue weighted by Gasteiger charge is -2.32. The standard InChI is InChI=1S/C10H22N2O3/c1-8(6-15-5)12(4)7-10(2,11-3)9(13)14/h8,11H,6-7H2,1-5H3,(H,13,14). The molecule has 0 aromatic carbocycles. The zero-order valence-electron chi connectivity index (χ0n) is 10.2. The fraction of sp³-hybridized carbons (Fsp3) is 0.900. The van der Waals surface area contributed by atoms with Gasteiger partial charge in [-0.3, -0.25) is 9.69 Å². The Morgan fingerprint density at radius 2 is 2.20 bits per heavy atom. The highest BCUT2D eigenvalue weighted by Gasteiger charge is 2.33. The Morgan fingerprint density at radius 1 is 1.67 bits per heavy atom. The van der Waals surface area contributed by atoms with Crippen molar-refractivity contribution in [3.05, 3.63) is 0 Å². The van der Waals surface area contributed by atoms with Crippen molar-refractivity contribution in [3.8, 4) is 0 Å². The molecule has 5 heteroatoms. The van der Waals surface area contributed by atoms with Crippen LogP contribution in [-0.4, -0.2) is 61.9 Å². The number of ether oxygens (including phenoxy) is 1. The summed E-state index contributed by atoms with van der Waals surface area (Å²) in [6, 6.07) is 0.196. The van der Waals surface area contributed by atoms with Gasteiger partial charge in [0.2, 0.25) is 0 Å². The number of rotatable bonds is 7. The number of aliphatic carboxylic acids is 1. The number of likely N-dealkylation sites (N-methyl/N-ethyl adjacent to an activating group) is 2. The number of carboxylic acids is 1. The number of methoxy groups -OCH3 is 1. The summed E-state index contributed by atoms with van der Waals surface area (Å²) < 4.78 is 5.02. The molecule has 90 valence electrons. The second-order valence-corrected chi connectivity index (χ2v) is 4.11. The summed E-state index contributed by atoms with van der Waals surface area (Å²) in [5, 5.41) is 11.9. The molecule has 0 saturated heterocycles. The van der Waals surface area contributed by atoms with Gasteiger partial charge in [0, 0.05) is 19.7 Å². The van der Waals surface area contributed by atoms with E-state index >= 15 is 0 Å². The number of hydrogen-bond donors (Lipinski definition) is 2. The average Bonchev–Trinajstić information content (AvgIpc) is 2.17. The molecular formula is C10H22N2O3. The van der Waals surface area contributed by atoms with Crippen LogP contribution in [0.5, 0.6) is 0 Å². The Bertz CT molecular complexity index is 211. The SMILES string of the molecule is CNC(C)(CN(C)C(C)COC)C(=O)O. The maximum Gasteiger partial charge on any atom is 0.324 e. The molecule has 0 fully saturated rings. The molecule has 5 nitrogen and oxygen atoms in total. The summed E-state index contributed by atoms with van der Waals surface area (Å²) >= 11 is 0. The van der Waals surface area contributed by atoms with Crippen LogP contribution in [0.3, 0.4) is 0 Å². The normalized spacial score (nSPS) is 17.5. The Morgan fingerprint density at radius 3 is 2.53 bits per heavy atom. The lowest BCUT2D eigenvalue weighted by atomic mass is 10.0. The van der Waals surface area contributed by atoms with E-state index in [1.807, 2.05) is 18.9 Å². The maximum atomic E-state index is 11.0. The fourth-order valence-electron chi connectivity index (χ4n) is 1.28. The van der Waals surface area contributed by atoms with Crippen molar-refractivity contribution in [1.29, 1.82) is 0 Å². The van der Waals surface area contributed by atoms with Crippen molar-refractivity contribution < 1.29 is 14.6 Å². The van der Waals surface area contributed by atoms with Gasteiger partial charge in [-0.25, -0.2) is 0 Å². The lowest BCUT2D eigenvalue weighted by molar-refractivity contribution is -0.144. The topological polar surface area (TPSA) is 61.8 Å². The second-order valence-electron chi connectivity index (χ2n) is 4.11. The number of nitrogens with one attached hydrogen (secondary N) is 1. The van der Waals surface area contributed by atoms with Crippen LogP contribution in [0.2, 0.25) is 0 Å². The first-order valence-corrected chi connectivity index (χ1v) is 4.99. The molecule has 0 saturated carbocycles. The minimum atomic E-state index is -0.920. The summed E-state index contributed by atoms with van der Waals surface area (Å²) in [6.07, 6.45) is 0. The van der Waals surface area contributed by atoms with Crippen molar-refractivity contribution in [2.75, 3.05) is 34.4 Å². The number of carbonyl (C=O) groups is 1. The van der Waals surface area contributed by atoms with Crippen LogP contribution >= 0.6 is 0 Å². The molecule has 2 N–H and O–H groups in total. The predicted octanol–water partition coefficient (Wildman–Crippen LogP) is 0.0158. The van der Waals surface area contributed by atoms with E-state index in [0.717, 1.165) is 0 Å². The quantitative estimate of drug-likeness (QED) is 0.630. The summed E-state index contributed by atoms with van der Waals surface area (Å²) in [6.45, 7) is 4.70. The van der Waals surface area contributed by atoms with Gasteiger partial charge in [-0.05, 0) is 27.9 Å². The summed E-state index contributed by atoms with van der Waals surface area (Å²) in [4.78, 5) is 13.0. The Labute approximate surface area is 91.4 Å². The largest absolute Gasteiger partial charge is 0.480 e. The van der Waals surface area contributed by atoms with E-state index in [9.17, 15) is 4.79 Å². The van der Waals surface area contributed by atoms with Gasteiger partial charge in [-0.1, -0.05) is 0 Å². The molecule has 0 aliphatic rings. The molecule has 0 bridgehead atoms. The molecule has 0 aromatic heterocycles. The first kappa shape index (κ1) is 14.3. The molecule has 15 heavy (non-hydrogen) atoms. The van der Waals surface area contributed by atoms with Gasteiger partial charge in [0.1, 0.15) is 5.54 Å². The van der Waals surface area contributed by atoms with Gasteiger partial charge in [-0.15, -0.1) is 0 Å². The molecule has 0 amide bonds. The van der Waals surface area contributed by atoms with Crippen LogP contribution in [0, 0.1) is 0 Å². The summed E-state index contributed by atoms with van der Waals surface area (Å²) in [5.41, 5.74) is -0.920. The monoisotopic (exact) mass is 218 g/mol. The summed E-state index contributed by atoms with van der Waals surface area (Å²) in [5.74, 6) is -0.846. The lowest BCUT2D eigenvalue weighted by Crippen LogP contribution is -2.56. The Balaban J connectivity index is 4.35. The van der Waals surface area contributed by atoms with Crippen LogP contribution in [0.25, 0.3) is 0 Å². The second kappa shape index (κ2) is 6.05. The van der Waals surface area contributed by atoms with Crippen molar-refractivity contribution in [1.82, 2.24) is 10.2 Å². The van der Waals surface area contributed by atoms with Crippen LogP contribution in [0.4, 0.5) is 0 Å². The van der Waals surface area contributed by atoms with E-state index in [-0.39, 0.29) is 6.04 Å². The van der Waals surface area contributed by atoms with E-state index < -0.39 is 11.5 Å². The van der Waals surface area contributed by atoms with Crippen LogP contribution in [0.15, 0.2) is 0 Å². The van der Waals surface area contributed by atoms with Gasteiger partial charge < -0.3 is 15.2 Å². The van der Waals surface area contributed by atoms with E-state index in [4.69, 9.17) is 9.84 Å². The molecule has 0 aliphatic carbocycles. The fourth-order valence-corrected chi connectivity index (χ4v) is 1.28. The molecule has 0 rings (SSSR count). The zero-order valence-corrected chi connectivity index (χ0v) is 10.2. The highest BCUT2D eigenvalue weighted by atomic mass is 16.5. The van der Waals surface area contributed by atoms with Crippen molar-refractivity contribution in [2.24, 2.45) is 0 Å². The molecule has 2 atom stereocenters. The Hall–Kier alpha value is -0.650.